The van der Waals surface area contributed by atoms with Crippen molar-refractivity contribution < 1.29 is 9.34 Å². The molecule has 0 radical (unpaired) electrons. The summed E-state index contributed by atoms with van der Waals surface area (Å²) in [6.45, 7) is 2.17. The van der Waals surface area contributed by atoms with Crippen LogP contribution in [0.5, 0.6) is 0 Å². The number of nitro groups is 1. The maximum Gasteiger partial charge on any atom is 0.279 e. The number of nitrogens with zero attached hydrogens (tertiary/aromatic N) is 4. The Bertz CT molecular complexity index is 1170. The van der Waals surface area contributed by atoms with Crippen LogP contribution in [0.25, 0.3) is 22.5 Å². The van der Waals surface area contributed by atoms with Crippen LogP contribution >= 0.6 is 0 Å². The molecule has 1 aliphatic rings. The second-order valence-electron chi connectivity index (χ2n) is 6.87. The fourth-order valence-corrected chi connectivity index (χ4v) is 3.79. The van der Waals surface area contributed by atoms with Gasteiger partial charge >= 0.3 is 0 Å². The van der Waals surface area contributed by atoms with Crippen molar-refractivity contribution in [2.75, 3.05) is 6.54 Å². The fourth-order valence-electron chi connectivity index (χ4n) is 3.79. The molecule has 1 aromatic carbocycles. The van der Waals surface area contributed by atoms with E-state index in [2.05, 4.69) is 19.9 Å². The zero-order valence-corrected chi connectivity index (χ0v) is 15.0. The van der Waals surface area contributed by atoms with Gasteiger partial charge in [-0.25, -0.2) is 9.97 Å². The largest absolute Gasteiger partial charge is 0.461 e. The van der Waals surface area contributed by atoms with Crippen molar-refractivity contribution >= 4 is 16.6 Å². The lowest BCUT2D eigenvalue weighted by Crippen LogP contribution is -2.30. The van der Waals surface area contributed by atoms with Gasteiger partial charge in [0.1, 0.15) is 0 Å². The average molecular weight is 375 g/mol. The van der Waals surface area contributed by atoms with Gasteiger partial charge in [0.15, 0.2) is 11.6 Å². The van der Waals surface area contributed by atoms with Gasteiger partial charge in [-0.05, 0) is 23.8 Å². The molecule has 4 heterocycles. The Labute approximate surface area is 160 Å². The second-order valence-corrected chi connectivity index (χ2v) is 6.87. The Morgan fingerprint density at radius 2 is 2.21 bits per heavy atom. The van der Waals surface area contributed by atoms with E-state index < -0.39 is 0 Å². The van der Waals surface area contributed by atoms with Gasteiger partial charge in [-0.2, -0.15) is 0 Å². The van der Waals surface area contributed by atoms with Crippen molar-refractivity contribution in [1.29, 1.82) is 0 Å². The lowest BCUT2D eigenvalue weighted by Gasteiger charge is -2.27. The summed E-state index contributed by atoms with van der Waals surface area (Å²) in [6.07, 6.45) is 6.13. The minimum absolute atomic E-state index is 0.137. The highest BCUT2D eigenvalue weighted by Crippen LogP contribution is 2.30. The van der Waals surface area contributed by atoms with Crippen molar-refractivity contribution in [3.05, 3.63) is 75.9 Å². The molecule has 0 fully saturated rings. The maximum atomic E-state index is 11.4. The molecule has 3 aromatic heterocycles. The number of hydrogen-bond donors (Lipinski definition) is 1. The van der Waals surface area contributed by atoms with Crippen LogP contribution in [0, 0.1) is 10.1 Å². The third-order valence-corrected chi connectivity index (χ3v) is 5.11. The van der Waals surface area contributed by atoms with Gasteiger partial charge in [0.05, 0.1) is 27.8 Å². The molecule has 8 nitrogen and oxygen atoms in total. The van der Waals surface area contributed by atoms with Crippen molar-refractivity contribution in [2.24, 2.45) is 0 Å². The summed E-state index contributed by atoms with van der Waals surface area (Å²) in [5, 5.41) is 12.1. The summed E-state index contributed by atoms with van der Waals surface area (Å²) in [7, 11) is 0. The van der Waals surface area contributed by atoms with E-state index in [-0.39, 0.29) is 10.6 Å². The fraction of sp³-hybridized carbons (Fsp3) is 0.200. The molecule has 140 valence electrons. The van der Waals surface area contributed by atoms with E-state index in [4.69, 9.17) is 4.42 Å². The van der Waals surface area contributed by atoms with E-state index >= 15 is 0 Å². The maximum absolute atomic E-state index is 11.4. The number of fused-ring (bicyclic) bond motifs is 2. The van der Waals surface area contributed by atoms with Gasteiger partial charge in [-0.3, -0.25) is 15.0 Å². The van der Waals surface area contributed by atoms with Gasteiger partial charge in [0.25, 0.3) is 5.69 Å². The van der Waals surface area contributed by atoms with E-state index in [9.17, 15) is 10.1 Å². The van der Waals surface area contributed by atoms with Gasteiger partial charge in [0.2, 0.25) is 0 Å². The van der Waals surface area contributed by atoms with Gasteiger partial charge in [-0.1, -0.05) is 6.07 Å². The molecule has 1 N–H and O–H groups in total. The molecule has 0 bridgehead atoms. The zero-order valence-electron chi connectivity index (χ0n) is 15.0. The van der Waals surface area contributed by atoms with Crippen molar-refractivity contribution in [3.8, 4) is 11.6 Å². The van der Waals surface area contributed by atoms with Crippen LogP contribution in [-0.4, -0.2) is 31.3 Å². The van der Waals surface area contributed by atoms with Gasteiger partial charge < -0.3 is 9.40 Å². The zero-order chi connectivity index (χ0) is 19.1. The van der Waals surface area contributed by atoms with Gasteiger partial charge in [0, 0.05) is 50.1 Å². The quantitative estimate of drug-likeness (QED) is 0.431. The lowest BCUT2D eigenvalue weighted by molar-refractivity contribution is -0.383. The first-order valence-electron chi connectivity index (χ1n) is 9.03. The molecule has 0 unspecified atom stereocenters. The number of benzene rings is 1. The molecule has 8 heteroatoms. The molecule has 0 aliphatic carbocycles. The Morgan fingerprint density at radius 1 is 1.29 bits per heavy atom. The van der Waals surface area contributed by atoms with E-state index in [1.807, 2.05) is 30.6 Å². The molecular weight excluding hydrogens is 358 g/mol. The standard InChI is InChI=1S/C20H17N5O3/c26-25(27)17-4-1-3-16-19(17)14(10-21-16)12-24-7-6-15-13(11-24)9-22-20(23-15)18-5-2-8-28-18/h1-5,8-10,21H,6-7,11-12H2. The van der Waals surface area contributed by atoms with Crippen LogP contribution in [0.3, 0.4) is 0 Å². The number of rotatable bonds is 4. The predicted octanol–water partition coefficient (Wildman–Crippen LogP) is 3.68. The van der Waals surface area contributed by atoms with Crippen molar-refractivity contribution in [2.45, 2.75) is 19.5 Å². The molecule has 0 saturated heterocycles. The first kappa shape index (κ1) is 16.6. The Morgan fingerprint density at radius 3 is 3.04 bits per heavy atom. The monoisotopic (exact) mass is 375 g/mol. The summed E-state index contributed by atoms with van der Waals surface area (Å²) in [4.78, 5) is 25.6. The second kappa shape index (κ2) is 6.58. The first-order chi connectivity index (χ1) is 13.7. The molecule has 0 saturated carbocycles. The van der Waals surface area contributed by atoms with Crippen LogP contribution in [0.2, 0.25) is 0 Å². The Kier molecular flexibility index (Phi) is 3.91. The van der Waals surface area contributed by atoms with Crippen molar-refractivity contribution in [3.63, 3.8) is 0 Å². The number of aromatic amines is 1. The molecule has 0 amide bonds. The molecular formula is C20H17N5O3. The number of nitro benzene ring substituents is 1. The van der Waals surface area contributed by atoms with E-state index in [0.29, 0.717) is 30.1 Å². The van der Waals surface area contributed by atoms with Crippen LogP contribution in [0.1, 0.15) is 16.8 Å². The summed E-state index contributed by atoms with van der Waals surface area (Å²) < 4.78 is 5.38. The molecule has 5 rings (SSSR count). The van der Waals surface area contributed by atoms with Gasteiger partial charge in [-0.15, -0.1) is 0 Å². The Balaban J connectivity index is 1.40. The summed E-state index contributed by atoms with van der Waals surface area (Å²) in [6, 6.07) is 8.78. The molecule has 28 heavy (non-hydrogen) atoms. The number of nitrogens with one attached hydrogen (secondary N) is 1. The van der Waals surface area contributed by atoms with Crippen LogP contribution < -0.4 is 0 Å². The first-order valence-corrected chi connectivity index (χ1v) is 9.03. The number of H-pyrrole nitrogens is 1. The van der Waals surface area contributed by atoms with Crippen LogP contribution in [0.15, 0.2) is 53.4 Å². The highest BCUT2D eigenvalue weighted by Gasteiger charge is 2.22. The third kappa shape index (κ3) is 2.84. The number of non-ortho nitro benzene ring substituents is 1. The third-order valence-electron chi connectivity index (χ3n) is 5.11. The van der Waals surface area contributed by atoms with E-state index in [1.165, 1.54) is 0 Å². The molecule has 4 aromatic rings. The number of aromatic nitrogens is 3. The van der Waals surface area contributed by atoms with E-state index in [1.54, 1.807) is 18.4 Å². The summed E-state index contributed by atoms with van der Waals surface area (Å²) in [5.74, 6) is 1.26. The lowest BCUT2D eigenvalue weighted by atomic mass is 10.1. The topological polar surface area (TPSA) is 101 Å². The smallest absolute Gasteiger partial charge is 0.279 e. The molecule has 1 aliphatic heterocycles. The normalized spacial score (nSPS) is 14.3. The SMILES string of the molecule is O=[N+]([O-])c1cccc2[nH]cc(CN3CCc4nc(-c5ccco5)ncc4C3)c12. The highest BCUT2D eigenvalue weighted by molar-refractivity contribution is 5.91. The van der Waals surface area contributed by atoms with Crippen LogP contribution in [-0.2, 0) is 19.5 Å². The molecule has 0 atom stereocenters. The minimum Gasteiger partial charge on any atom is -0.461 e. The highest BCUT2D eigenvalue weighted by atomic mass is 16.6. The number of hydrogen-bond acceptors (Lipinski definition) is 6. The van der Waals surface area contributed by atoms with E-state index in [0.717, 1.165) is 35.3 Å². The summed E-state index contributed by atoms with van der Waals surface area (Å²) in [5.41, 5.74) is 3.96. The number of furan rings is 1. The molecule has 0 spiro atoms. The summed E-state index contributed by atoms with van der Waals surface area (Å²) >= 11 is 0. The predicted molar refractivity (Wildman–Crippen MR) is 103 cm³/mol. The average Bonchev–Trinajstić information content (AvgIpc) is 3.38. The minimum atomic E-state index is -0.324. The van der Waals surface area contributed by atoms with Crippen molar-refractivity contribution in [1.82, 2.24) is 19.9 Å². The van der Waals surface area contributed by atoms with Crippen LogP contribution in [0.4, 0.5) is 5.69 Å². The Hall–Kier alpha value is -3.52.